The first-order valence-corrected chi connectivity index (χ1v) is 16.7. The van der Waals surface area contributed by atoms with Gasteiger partial charge in [-0.05, 0) is 86.0 Å². The molecule has 1 aliphatic rings. The number of ether oxygens (including phenoxy) is 2. The molecule has 4 rings (SSSR count). The van der Waals surface area contributed by atoms with Crippen molar-refractivity contribution in [1.29, 1.82) is 0 Å². The van der Waals surface area contributed by atoms with Crippen LogP contribution in [0.4, 0.5) is 5.69 Å². The van der Waals surface area contributed by atoms with Crippen LogP contribution < -0.4 is 19.1 Å². The fourth-order valence-corrected chi connectivity index (χ4v) is 6.83. The topological polar surface area (TPSA) is 122 Å². The molecule has 0 bridgehead atoms. The van der Waals surface area contributed by atoms with Crippen LogP contribution >= 0.6 is 0 Å². The van der Waals surface area contributed by atoms with Gasteiger partial charge in [-0.3, -0.25) is 9.10 Å². The second-order valence-corrected chi connectivity index (χ2v) is 13.4. The van der Waals surface area contributed by atoms with Crippen LogP contribution in [0.1, 0.15) is 35.7 Å². The van der Waals surface area contributed by atoms with Gasteiger partial charge in [0, 0.05) is 18.7 Å². The lowest BCUT2D eigenvalue weighted by Gasteiger charge is -2.23. The lowest BCUT2D eigenvalue weighted by molar-refractivity contribution is 0.0947. The van der Waals surface area contributed by atoms with E-state index in [4.69, 9.17) is 9.47 Å². The van der Waals surface area contributed by atoms with Gasteiger partial charge in [-0.2, -0.15) is 4.31 Å². The quantitative estimate of drug-likeness (QED) is 0.297. The Labute approximate surface area is 242 Å². The third-order valence-corrected chi connectivity index (χ3v) is 9.61. The third kappa shape index (κ3) is 7.99. The molecule has 3 aromatic carbocycles. The lowest BCUT2D eigenvalue weighted by Crippen LogP contribution is -2.29. The van der Waals surface area contributed by atoms with E-state index in [1.807, 2.05) is 6.92 Å². The van der Waals surface area contributed by atoms with Crippen molar-refractivity contribution in [1.82, 2.24) is 9.62 Å². The summed E-state index contributed by atoms with van der Waals surface area (Å²) in [4.78, 5) is 12.8. The standard InChI is InChI=1S/C29H35N3O7S2/c1-3-38-26-12-10-25(11-13-26)32(40(2,34)35)22-23-6-8-24(9-7-23)29(33)30-18-21-39-27-14-16-28(17-15-27)41(36,37)31-19-4-5-20-31/h6-17H,3-5,18-22H2,1-2H3,(H,30,33). The zero-order valence-electron chi connectivity index (χ0n) is 23.2. The molecule has 0 aliphatic carbocycles. The van der Waals surface area contributed by atoms with Gasteiger partial charge in [0.2, 0.25) is 20.0 Å². The van der Waals surface area contributed by atoms with E-state index in [0.29, 0.717) is 42.4 Å². The molecule has 3 aromatic rings. The minimum Gasteiger partial charge on any atom is -0.494 e. The van der Waals surface area contributed by atoms with Gasteiger partial charge in [0.15, 0.2) is 0 Å². The molecule has 0 unspecified atom stereocenters. The Morgan fingerprint density at radius 2 is 1.44 bits per heavy atom. The molecule has 1 heterocycles. The van der Waals surface area contributed by atoms with Crippen LogP contribution in [0.15, 0.2) is 77.7 Å². The van der Waals surface area contributed by atoms with Crippen molar-refractivity contribution in [2.24, 2.45) is 0 Å². The number of carbonyl (C=O) groups excluding carboxylic acids is 1. The third-order valence-electron chi connectivity index (χ3n) is 6.56. The molecule has 220 valence electrons. The van der Waals surface area contributed by atoms with Crippen LogP contribution in [0.5, 0.6) is 11.5 Å². The summed E-state index contributed by atoms with van der Waals surface area (Å²) in [5.41, 5.74) is 1.66. The van der Waals surface area contributed by atoms with E-state index in [1.54, 1.807) is 60.7 Å². The SMILES string of the molecule is CCOc1ccc(N(Cc2ccc(C(=O)NCCOc3ccc(S(=O)(=O)N4CCCC4)cc3)cc2)S(C)(=O)=O)cc1. The Bertz CT molecular complexity index is 1520. The molecule has 1 amide bonds. The van der Waals surface area contributed by atoms with E-state index in [0.717, 1.165) is 24.7 Å². The Morgan fingerprint density at radius 3 is 2.02 bits per heavy atom. The van der Waals surface area contributed by atoms with Crippen LogP contribution in [0.25, 0.3) is 0 Å². The van der Waals surface area contributed by atoms with E-state index >= 15 is 0 Å². The average molecular weight is 602 g/mol. The predicted molar refractivity (Wildman–Crippen MR) is 157 cm³/mol. The first kappa shape index (κ1) is 30.4. The number of amides is 1. The van der Waals surface area contributed by atoms with Crippen molar-refractivity contribution >= 4 is 31.6 Å². The normalized spacial score (nSPS) is 14.0. The number of carbonyl (C=O) groups is 1. The highest BCUT2D eigenvalue weighted by molar-refractivity contribution is 7.92. The number of anilines is 1. The first-order valence-electron chi connectivity index (χ1n) is 13.4. The number of nitrogens with one attached hydrogen (secondary N) is 1. The Morgan fingerprint density at radius 1 is 0.854 bits per heavy atom. The molecule has 41 heavy (non-hydrogen) atoms. The molecule has 0 saturated carbocycles. The van der Waals surface area contributed by atoms with Crippen molar-refractivity contribution < 1.29 is 31.1 Å². The Kier molecular flexibility index (Phi) is 9.90. The molecule has 1 N–H and O–H groups in total. The second kappa shape index (κ2) is 13.4. The first-order chi connectivity index (χ1) is 19.6. The fraction of sp³-hybridized carbons (Fsp3) is 0.345. The summed E-state index contributed by atoms with van der Waals surface area (Å²) >= 11 is 0. The van der Waals surface area contributed by atoms with Gasteiger partial charge in [-0.25, -0.2) is 16.8 Å². The average Bonchev–Trinajstić information content (AvgIpc) is 3.51. The van der Waals surface area contributed by atoms with Gasteiger partial charge in [-0.1, -0.05) is 12.1 Å². The van der Waals surface area contributed by atoms with E-state index in [-0.39, 0.29) is 30.5 Å². The second-order valence-electron chi connectivity index (χ2n) is 9.58. The molecule has 0 aromatic heterocycles. The summed E-state index contributed by atoms with van der Waals surface area (Å²) in [6, 6.07) is 19.8. The molecule has 10 nitrogen and oxygen atoms in total. The minimum absolute atomic E-state index is 0.112. The number of nitrogens with zero attached hydrogens (tertiary/aromatic N) is 2. The van der Waals surface area contributed by atoms with Crippen molar-refractivity contribution in [3.8, 4) is 11.5 Å². The summed E-state index contributed by atoms with van der Waals surface area (Å²) in [5, 5.41) is 2.78. The van der Waals surface area contributed by atoms with E-state index in [1.165, 1.54) is 20.7 Å². The van der Waals surface area contributed by atoms with Crippen LogP contribution in [0, 0.1) is 0 Å². The minimum atomic E-state index is -3.55. The van der Waals surface area contributed by atoms with E-state index in [2.05, 4.69) is 5.32 Å². The highest BCUT2D eigenvalue weighted by Crippen LogP contribution is 2.25. The number of hydrogen-bond acceptors (Lipinski definition) is 7. The molecular formula is C29H35N3O7S2. The Balaban J connectivity index is 1.27. The molecule has 1 saturated heterocycles. The van der Waals surface area contributed by atoms with Gasteiger partial charge in [-0.15, -0.1) is 0 Å². The molecule has 0 atom stereocenters. The molecule has 1 aliphatic heterocycles. The predicted octanol–water partition coefficient (Wildman–Crippen LogP) is 3.64. The van der Waals surface area contributed by atoms with Gasteiger partial charge in [0.05, 0.1) is 36.5 Å². The van der Waals surface area contributed by atoms with Gasteiger partial charge < -0.3 is 14.8 Å². The van der Waals surface area contributed by atoms with Crippen LogP contribution in [-0.2, 0) is 26.6 Å². The maximum absolute atomic E-state index is 12.6. The highest BCUT2D eigenvalue weighted by Gasteiger charge is 2.27. The number of hydrogen-bond donors (Lipinski definition) is 1. The zero-order chi connectivity index (χ0) is 29.5. The fourth-order valence-electron chi connectivity index (χ4n) is 4.42. The van der Waals surface area contributed by atoms with Crippen molar-refractivity contribution in [2.45, 2.75) is 31.2 Å². The number of benzene rings is 3. The Hall–Kier alpha value is -3.61. The van der Waals surface area contributed by atoms with Crippen molar-refractivity contribution in [2.75, 3.05) is 43.4 Å². The maximum Gasteiger partial charge on any atom is 0.251 e. The van der Waals surface area contributed by atoms with Gasteiger partial charge >= 0.3 is 0 Å². The molecule has 0 spiro atoms. The summed E-state index contributed by atoms with van der Waals surface area (Å²) in [6.07, 6.45) is 2.91. The molecular weight excluding hydrogens is 566 g/mol. The van der Waals surface area contributed by atoms with E-state index < -0.39 is 20.0 Å². The molecule has 0 radical (unpaired) electrons. The smallest absolute Gasteiger partial charge is 0.251 e. The maximum atomic E-state index is 12.6. The van der Waals surface area contributed by atoms with Crippen molar-refractivity contribution in [3.05, 3.63) is 83.9 Å². The summed E-state index contributed by atoms with van der Waals surface area (Å²) in [7, 11) is -7.03. The van der Waals surface area contributed by atoms with E-state index in [9.17, 15) is 21.6 Å². The van der Waals surface area contributed by atoms with Crippen molar-refractivity contribution in [3.63, 3.8) is 0 Å². The largest absolute Gasteiger partial charge is 0.494 e. The monoisotopic (exact) mass is 601 g/mol. The van der Waals surface area contributed by atoms with Gasteiger partial charge in [0.25, 0.3) is 5.91 Å². The zero-order valence-corrected chi connectivity index (χ0v) is 24.8. The van der Waals surface area contributed by atoms with Gasteiger partial charge in [0.1, 0.15) is 18.1 Å². The number of sulfonamides is 2. The molecule has 12 heteroatoms. The van der Waals surface area contributed by atoms with Crippen LogP contribution in [0.3, 0.4) is 0 Å². The summed E-state index contributed by atoms with van der Waals surface area (Å²) in [6.45, 7) is 4.05. The summed E-state index contributed by atoms with van der Waals surface area (Å²) in [5.74, 6) is 0.873. The number of rotatable bonds is 13. The van der Waals surface area contributed by atoms with Crippen LogP contribution in [-0.4, -0.2) is 66.2 Å². The summed E-state index contributed by atoms with van der Waals surface area (Å²) < 4.78 is 64.1. The lowest BCUT2D eigenvalue weighted by atomic mass is 10.1. The highest BCUT2D eigenvalue weighted by atomic mass is 32.2. The van der Waals surface area contributed by atoms with Crippen LogP contribution in [0.2, 0.25) is 0 Å². The molecule has 1 fully saturated rings.